The summed E-state index contributed by atoms with van der Waals surface area (Å²) in [5.74, 6) is -0.550. The van der Waals surface area contributed by atoms with Crippen molar-refractivity contribution in [2.24, 2.45) is 5.92 Å². The summed E-state index contributed by atoms with van der Waals surface area (Å²) in [6.07, 6.45) is 1.28. The normalized spacial score (nSPS) is 21.3. The molecule has 120 valence electrons. The van der Waals surface area contributed by atoms with Gasteiger partial charge in [0.25, 0.3) is 5.91 Å². The summed E-state index contributed by atoms with van der Waals surface area (Å²) in [5, 5.41) is 9.18. The quantitative estimate of drug-likeness (QED) is 0.921. The van der Waals surface area contributed by atoms with Crippen LogP contribution in [-0.4, -0.2) is 48.7 Å². The van der Waals surface area contributed by atoms with Crippen LogP contribution in [0.4, 0.5) is 0 Å². The van der Waals surface area contributed by atoms with Gasteiger partial charge in [0.15, 0.2) is 0 Å². The lowest BCUT2D eigenvalue weighted by Crippen LogP contribution is -2.47. The molecule has 0 saturated carbocycles. The molecule has 0 radical (unpaired) electrons. The number of carboxylic acid groups (broad SMARTS) is 1. The van der Waals surface area contributed by atoms with Gasteiger partial charge >= 0.3 is 5.97 Å². The summed E-state index contributed by atoms with van der Waals surface area (Å²) in [6.45, 7) is 2.16. The number of hydrogen-bond donors (Lipinski definition) is 1. The van der Waals surface area contributed by atoms with Gasteiger partial charge < -0.3 is 19.5 Å². The van der Waals surface area contributed by atoms with Crippen LogP contribution < -0.4 is 9.47 Å². The first-order valence-electron chi connectivity index (χ1n) is 7.23. The van der Waals surface area contributed by atoms with Crippen LogP contribution in [0.5, 0.6) is 11.5 Å². The number of nitrogens with zero attached hydrogens (tertiary/aromatic N) is 1. The first-order chi connectivity index (χ1) is 10.5. The van der Waals surface area contributed by atoms with Gasteiger partial charge in [-0.05, 0) is 31.9 Å². The lowest BCUT2D eigenvalue weighted by Gasteiger charge is -2.36. The van der Waals surface area contributed by atoms with Crippen molar-refractivity contribution in [2.75, 3.05) is 20.8 Å². The van der Waals surface area contributed by atoms with Crippen molar-refractivity contribution in [3.05, 3.63) is 23.8 Å². The Morgan fingerprint density at radius 2 is 1.95 bits per heavy atom. The molecule has 1 heterocycles. The zero-order valence-electron chi connectivity index (χ0n) is 13.0. The van der Waals surface area contributed by atoms with Gasteiger partial charge in [-0.1, -0.05) is 0 Å². The number of ether oxygens (including phenoxy) is 2. The van der Waals surface area contributed by atoms with Crippen molar-refractivity contribution in [2.45, 2.75) is 25.8 Å². The molecule has 1 aromatic rings. The third-order valence-electron chi connectivity index (χ3n) is 4.13. The molecule has 1 fully saturated rings. The maximum Gasteiger partial charge on any atom is 0.308 e. The van der Waals surface area contributed by atoms with E-state index in [1.54, 1.807) is 30.2 Å². The van der Waals surface area contributed by atoms with Crippen LogP contribution in [0, 0.1) is 5.92 Å². The highest BCUT2D eigenvalue weighted by Crippen LogP contribution is 2.29. The smallest absolute Gasteiger partial charge is 0.308 e. The number of likely N-dealkylation sites (tertiary alicyclic amines) is 1. The summed E-state index contributed by atoms with van der Waals surface area (Å²) in [5.41, 5.74) is 0.418. The van der Waals surface area contributed by atoms with Crippen molar-refractivity contribution in [3.8, 4) is 11.5 Å². The van der Waals surface area contributed by atoms with Gasteiger partial charge in [-0.25, -0.2) is 0 Å². The SMILES string of the molecule is COc1ccc(C(=O)N2CC(C(=O)O)CCC2C)c(OC)c1. The number of carbonyl (C=O) groups is 2. The Morgan fingerprint density at radius 3 is 2.55 bits per heavy atom. The molecule has 2 atom stereocenters. The summed E-state index contributed by atoms with van der Waals surface area (Å²) >= 11 is 0. The van der Waals surface area contributed by atoms with E-state index in [1.807, 2.05) is 6.92 Å². The molecule has 22 heavy (non-hydrogen) atoms. The second-order valence-electron chi connectivity index (χ2n) is 5.49. The molecule has 0 bridgehead atoms. The number of hydrogen-bond acceptors (Lipinski definition) is 4. The van der Waals surface area contributed by atoms with E-state index >= 15 is 0 Å². The summed E-state index contributed by atoms with van der Waals surface area (Å²) in [6, 6.07) is 5.00. The molecule has 1 amide bonds. The van der Waals surface area contributed by atoms with Crippen LogP contribution in [0.1, 0.15) is 30.1 Å². The molecule has 0 spiro atoms. The molecule has 1 aliphatic heterocycles. The van der Waals surface area contributed by atoms with Gasteiger partial charge in [-0.2, -0.15) is 0 Å². The Hall–Kier alpha value is -2.24. The number of aliphatic carboxylic acids is 1. The van der Waals surface area contributed by atoms with E-state index in [0.717, 1.165) is 0 Å². The van der Waals surface area contributed by atoms with E-state index in [-0.39, 0.29) is 18.5 Å². The van der Waals surface area contributed by atoms with E-state index in [9.17, 15) is 14.7 Å². The first kappa shape index (κ1) is 16.1. The van der Waals surface area contributed by atoms with Crippen LogP contribution in [-0.2, 0) is 4.79 Å². The van der Waals surface area contributed by atoms with Gasteiger partial charge in [-0.15, -0.1) is 0 Å². The standard InChI is InChI=1S/C16H21NO5/c1-10-4-5-11(16(19)20)9-17(10)15(18)13-7-6-12(21-2)8-14(13)22-3/h6-8,10-11H,4-5,9H2,1-3H3,(H,19,20). The Morgan fingerprint density at radius 1 is 1.23 bits per heavy atom. The Balaban J connectivity index is 2.28. The number of piperidine rings is 1. The highest BCUT2D eigenvalue weighted by Gasteiger charge is 2.33. The predicted molar refractivity (Wildman–Crippen MR) is 80.4 cm³/mol. The summed E-state index contributed by atoms with van der Waals surface area (Å²) < 4.78 is 10.4. The van der Waals surface area contributed by atoms with E-state index in [2.05, 4.69) is 0 Å². The first-order valence-corrected chi connectivity index (χ1v) is 7.23. The second-order valence-corrected chi connectivity index (χ2v) is 5.49. The zero-order chi connectivity index (χ0) is 16.3. The minimum absolute atomic E-state index is 0.00917. The molecule has 6 nitrogen and oxygen atoms in total. The van der Waals surface area contributed by atoms with Crippen molar-refractivity contribution in [3.63, 3.8) is 0 Å². The van der Waals surface area contributed by atoms with E-state index in [0.29, 0.717) is 29.9 Å². The van der Waals surface area contributed by atoms with Crippen molar-refractivity contribution >= 4 is 11.9 Å². The number of carboxylic acids is 1. The number of methoxy groups -OCH3 is 2. The van der Waals surface area contributed by atoms with Crippen molar-refractivity contribution in [1.29, 1.82) is 0 Å². The zero-order valence-corrected chi connectivity index (χ0v) is 13.0. The fraction of sp³-hybridized carbons (Fsp3) is 0.500. The van der Waals surface area contributed by atoms with E-state index in [1.165, 1.54) is 7.11 Å². The maximum absolute atomic E-state index is 12.8. The monoisotopic (exact) mass is 307 g/mol. The predicted octanol–water partition coefficient (Wildman–Crippen LogP) is 2.03. The molecule has 1 aromatic carbocycles. The molecule has 0 aromatic heterocycles. The van der Waals surface area contributed by atoms with Crippen LogP contribution in [0.15, 0.2) is 18.2 Å². The van der Waals surface area contributed by atoms with Crippen LogP contribution in [0.3, 0.4) is 0 Å². The largest absolute Gasteiger partial charge is 0.497 e. The molecular weight excluding hydrogens is 286 g/mol. The van der Waals surface area contributed by atoms with Gasteiger partial charge in [-0.3, -0.25) is 9.59 Å². The lowest BCUT2D eigenvalue weighted by molar-refractivity contribution is -0.143. The third-order valence-corrected chi connectivity index (χ3v) is 4.13. The number of amides is 1. The van der Waals surface area contributed by atoms with Crippen molar-refractivity contribution in [1.82, 2.24) is 4.90 Å². The average molecular weight is 307 g/mol. The maximum atomic E-state index is 12.8. The number of carbonyl (C=O) groups excluding carboxylic acids is 1. The number of rotatable bonds is 4. The van der Waals surface area contributed by atoms with Crippen LogP contribution >= 0.6 is 0 Å². The van der Waals surface area contributed by atoms with Gasteiger partial charge in [0.05, 0.1) is 25.7 Å². The van der Waals surface area contributed by atoms with Gasteiger partial charge in [0, 0.05) is 18.7 Å². The van der Waals surface area contributed by atoms with Crippen LogP contribution in [0.25, 0.3) is 0 Å². The van der Waals surface area contributed by atoms with E-state index < -0.39 is 11.9 Å². The summed E-state index contributed by atoms with van der Waals surface area (Å²) in [4.78, 5) is 25.6. The average Bonchev–Trinajstić information content (AvgIpc) is 2.53. The van der Waals surface area contributed by atoms with Crippen LogP contribution in [0.2, 0.25) is 0 Å². The fourth-order valence-electron chi connectivity index (χ4n) is 2.72. The minimum Gasteiger partial charge on any atom is -0.497 e. The fourth-order valence-corrected chi connectivity index (χ4v) is 2.72. The second kappa shape index (κ2) is 6.68. The lowest BCUT2D eigenvalue weighted by atomic mass is 9.93. The molecular formula is C16H21NO5. The summed E-state index contributed by atoms with van der Waals surface area (Å²) in [7, 11) is 3.03. The van der Waals surface area contributed by atoms with Crippen molar-refractivity contribution < 1.29 is 24.2 Å². The molecule has 1 aliphatic rings. The Bertz CT molecular complexity index is 572. The minimum atomic E-state index is -0.855. The Labute approximate surface area is 129 Å². The highest BCUT2D eigenvalue weighted by atomic mass is 16.5. The molecule has 1 saturated heterocycles. The van der Waals surface area contributed by atoms with Gasteiger partial charge in [0.1, 0.15) is 11.5 Å². The Kier molecular flexibility index (Phi) is 4.90. The highest BCUT2D eigenvalue weighted by molar-refractivity contribution is 5.97. The molecule has 2 unspecified atom stereocenters. The number of benzene rings is 1. The molecule has 1 N–H and O–H groups in total. The van der Waals surface area contributed by atoms with E-state index in [4.69, 9.17) is 9.47 Å². The topological polar surface area (TPSA) is 76.1 Å². The third kappa shape index (κ3) is 3.16. The molecule has 2 rings (SSSR count). The molecule has 6 heteroatoms. The molecule has 0 aliphatic carbocycles. The van der Waals surface area contributed by atoms with Gasteiger partial charge in [0.2, 0.25) is 0 Å².